The summed E-state index contributed by atoms with van der Waals surface area (Å²) in [6.07, 6.45) is -4.91. The lowest BCUT2D eigenvalue weighted by Crippen LogP contribution is -2.15. The molecule has 0 heterocycles. The number of alkyl halides is 3. The largest absolute Gasteiger partial charge is 0.465 e. The molecule has 24 heavy (non-hydrogen) atoms. The maximum absolute atomic E-state index is 13.2. The van der Waals surface area contributed by atoms with Gasteiger partial charge in [0.1, 0.15) is 5.82 Å². The Kier molecular flexibility index (Phi) is 4.87. The molecule has 0 aliphatic rings. The second kappa shape index (κ2) is 6.69. The van der Waals surface area contributed by atoms with Crippen molar-refractivity contribution >= 4 is 17.6 Å². The monoisotopic (exact) mass is 341 g/mol. The zero-order chi connectivity index (χ0) is 17.9. The Labute approximate surface area is 134 Å². The molecule has 0 unspecified atom stereocenters. The summed E-state index contributed by atoms with van der Waals surface area (Å²) < 4.78 is 55.8. The van der Waals surface area contributed by atoms with Crippen molar-refractivity contribution in [2.75, 3.05) is 12.4 Å². The highest BCUT2D eigenvalue weighted by molar-refractivity contribution is 6.05. The Morgan fingerprint density at radius 3 is 2.38 bits per heavy atom. The molecule has 4 nitrogen and oxygen atoms in total. The van der Waals surface area contributed by atoms with Crippen LogP contribution in [0.5, 0.6) is 0 Å². The number of methoxy groups -OCH3 is 1. The second-order valence-corrected chi connectivity index (χ2v) is 4.72. The zero-order valence-corrected chi connectivity index (χ0v) is 12.3. The normalized spacial score (nSPS) is 11.0. The molecule has 126 valence electrons. The number of benzene rings is 2. The molecule has 8 heteroatoms. The van der Waals surface area contributed by atoms with Crippen molar-refractivity contribution in [1.82, 2.24) is 0 Å². The van der Waals surface area contributed by atoms with Crippen LogP contribution in [-0.4, -0.2) is 19.0 Å². The molecule has 0 aliphatic carbocycles. The molecule has 1 amide bonds. The molecule has 0 atom stereocenters. The predicted molar refractivity (Wildman–Crippen MR) is 77.1 cm³/mol. The van der Waals surface area contributed by atoms with Gasteiger partial charge in [0.25, 0.3) is 5.91 Å². The Morgan fingerprint density at radius 1 is 1.04 bits per heavy atom. The molecule has 2 rings (SSSR count). The minimum absolute atomic E-state index is 0.158. The fraction of sp³-hybridized carbons (Fsp3) is 0.125. The second-order valence-electron chi connectivity index (χ2n) is 4.72. The molecule has 2 aromatic carbocycles. The van der Waals surface area contributed by atoms with Gasteiger partial charge in [0, 0.05) is 11.3 Å². The molecule has 0 bridgehead atoms. The van der Waals surface area contributed by atoms with Gasteiger partial charge in [-0.15, -0.1) is 0 Å². The molecule has 1 N–H and O–H groups in total. The summed E-state index contributed by atoms with van der Waals surface area (Å²) in [6.45, 7) is 0. The van der Waals surface area contributed by atoms with Crippen LogP contribution in [0.1, 0.15) is 26.3 Å². The van der Waals surface area contributed by atoms with E-state index in [9.17, 15) is 27.2 Å². The van der Waals surface area contributed by atoms with E-state index in [1.54, 1.807) is 0 Å². The molecule has 0 radical (unpaired) electrons. The van der Waals surface area contributed by atoms with Crippen molar-refractivity contribution in [3.05, 3.63) is 65.0 Å². The first kappa shape index (κ1) is 17.5. The average Bonchev–Trinajstić information content (AvgIpc) is 2.53. The summed E-state index contributed by atoms with van der Waals surface area (Å²) in [5.41, 5.74) is -1.56. The van der Waals surface area contributed by atoms with Gasteiger partial charge in [0.15, 0.2) is 0 Å². The lowest BCUT2D eigenvalue weighted by atomic mass is 10.1. The van der Waals surface area contributed by atoms with Crippen LogP contribution in [0.25, 0.3) is 0 Å². The van der Waals surface area contributed by atoms with Crippen LogP contribution in [-0.2, 0) is 10.9 Å². The van der Waals surface area contributed by atoms with Crippen LogP contribution >= 0.6 is 0 Å². The summed E-state index contributed by atoms with van der Waals surface area (Å²) >= 11 is 0. The van der Waals surface area contributed by atoms with Crippen molar-refractivity contribution in [2.24, 2.45) is 0 Å². The Bertz CT molecular complexity index is 787. The number of hydrogen-bond acceptors (Lipinski definition) is 3. The maximum atomic E-state index is 13.2. The highest BCUT2D eigenvalue weighted by Crippen LogP contribution is 2.32. The Morgan fingerprint density at radius 2 is 1.75 bits per heavy atom. The van der Waals surface area contributed by atoms with E-state index in [1.807, 2.05) is 0 Å². The summed E-state index contributed by atoms with van der Waals surface area (Å²) in [5.74, 6) is -2.97. The van der Waals surface area contributed by atoms with Gasteiger partial charge in [-0.05, 0) is 36.4 Å². The van der Waals surface area contributed by atoms with Crippen LogP contribution in [0.2, 0.25) is 0 Å². The standard InChI is InChI=1S/C16H11F4NO3/c1-24-15(23)10-3-2-4-11(7-10)21-14(22)9-5-6-13(17)12(8-9)16(18,19)20/h2-8H,1H3,(H,21,22). The van der Waals surface area contributed by atoms with Crippen LogP contribution < -0.4 is 5.32 Å². The van der Waals surface area contributed by atoms with Crippen molar-refractivity contribution in [3.8, 4) is 0 Å². The van der Waals surface area contributed by atoms with E-state index in [4.69, 9.17) is 0 Å². The van der Waals surface area contributed by atoms with Crippen LogP contribution in [0, 0.1) is 5.82 Å². The minimum atomic E-state index is -4.91. The quantitative estimate of drug-likeness (QED) is 0.681. The molecular weight excluding hydrogens is 330 g/mol. The van der Waals surface area contributed by atoms with Gasteiger partial charge in [-0.2, -0.15) is 13.2 Å². The third-order valence-electron chi connectivity index (χ3n) is 3.08. The first-order valence-corrected chi connectivity index (χ1v) is 6.59. The third-order valence-corrected chi connectivity index (χ3v) is 3.08. The SMILES string of the molecule is COC(=O)c1cccc(NC(=O)c2ccc(F)c(C(F)(F)F)c2)c1. The van der Waals surface area contributed by atoms with E-state index in [2.05, 4.69) is 10.1 Å². The number of esters is 1. The summed E-state index contributed by atoms with van der Waals surface area (Å²) in [5, 5.41) is 2.34. The first-order valence-electron chi connectivity index (χ1n) is 6.59. The predicted octanol–water partition coefficient (Wildman–Crippen LogP) is 3.88. The van der Waals surface area contributed by atoms with E-state index in [-0.39, 0.29) is 16.8 Å². The summed E-state index contributed by atoms with van der Waals surface area (Å²) in [7, 11) is 1.19. The van der Waals surface area contributed by atoms with Crippen LogP contribution in [0.15, 0.2) is 42.5 Å². The minimum Gasteiger partial charge on any atom is -0.465 e. The third kappa shape index (κ3) is 3.89. The Hall–Kier alpha value is -2.90. The number of carbonyl (C=O) groups excluding carboxylic acids is 2. The molecular formula is C16H11F4NO3. The van der Waals surface area contributed by atoms with Gasteiger partial charge >= 0.3 is 12.1 Å². The zero-order valence-electron chi connectivity index (χ0n) is 12.3. The molecule has 0 saturated heterocycles. The van der Waals surface area contributed by atoms with Gasteiger partial charge in [-0.25, -0.2) is 9.18 Å². The number of hydrogen-bond donors (Lipinski definition) is 1. The maximum Gasteiger partial charge on any atom is 0.419 e. The van der Waals surface area contributed by atoms with E-state index in [0.717, 1.165) is 6.07 Å². The molecule has 0 aliphatic heterocycles. The highest BCUT2D eigenvalue weighted by atomic mass is 19.4. The number of amides is 1. The Balaban J connectivity index is 2.26. The summed E-state index contributed by atoms with van der Waals surface area (Å²) in [6, 6.07) is 7.59. The molecule has 0 aromatic heterocycles. The number of nitrogens with one attached hydrogen (secondary N) is 1. The van der Waals surface area contributed by atoms with Crippen LogP contribution in [0.3, 0.4) is 0 Å². The van der Waals surface area contributed by atoms with E-state index in [1.165, 1.54) is 31.4 Å². The fourth-order valence-electron chi connectivity index (χ4n) is 1.93. The first-order chi connectivity index (χ1) is 11.2. The lowest BCUT2D eigenvalue weighted by Gasteiger charge is -2.11. The number of halogens is 4. The van der Waals surface area contributed by atoms with Gasteiger partial charge < -0.3 is 10.1 Å². The molecule has 2 aromatic rings. The van der Waals surface area contributed by atoms with Gasteiger partial charge in [-0.1, -0.05) is 6.07 Å². The molecule has 0 spiro atoms. The number of carbonyl (C=O) groups is 2. The van der Waals surface area contributed by atoms with E-state index < -0.39 is 29.4 Å². The molecule has 0 saturated carbocycles. The lowest BCUT2D eigenvalue weighted by molar-refractivity contribution is -0.140. The smallest absolute Gasteiger partial charge is 0.419 e. The summed E-state index contributed by atoms with van der Waals surface area (Å²) in [4.78, 5) is 23.5. The molecule has 0 fully saturated rings. The highest BCUT2D eigenvalue weighted by Gasteiger charge is 2.34. The van der Waals surface area contributed by atoms with Crippen molar-refractivity contribution < 1.29 is 31.9 Å². The van der Waals surface area contributed by atoms with Gasteiger partial charge in [-0.3, -0.25) is 4.79 Å². The number of ether oxygens (including phenoxy) is 1. The van der Waals surface area contributed by atoms with Gasteiger partial charge in [0.05, 0.1) is 18.2 Å². The van der Waals surface area contributed by atoms with Crippen LogP contribution in [0.4, 0.5) is 23.2 Å². The fourth-order valence-corrected chi connectivity index (χ4v) is 1.93. The van der Waals surface area contributed by atoms with Gasteiger partial charge in [0.2, 0.25) is 0 Å². The van der Waals surface area contributed by atoms with Crippen molar-refractivity contribution in [1.29, 1.82) is 0 Å². The topological polar surface area (TPSA) is 55.4 Å². The van der Waals surface area contributed by atoms with E-state index in [0.29, 0.717) is 12.1 Å². The van der Waals surface area contributed by atoms with Crippen molar-refractivity contribution in [2.45, 2.75) is 6.18 Å². The number of rotatable bonds is 3. The van der Waals surface area contributed by atoms with E-state index >= 15 is 0 Å². The van der Waals surface area contributed by atoms with Crippen molar-refractivity contribution in [3.63, 3.8) is 0 Å². The number of anilines is 1. The average molecular weight is 341 g/mol.